The van der Waals surface area contributed by atoms with Gasteiger partial charge in [-0.05, 0) is 19.9 Å². The van der Waals surface area contributed by atoms with Gasteiger partial charge in [-0.3, -0.25) is 14.6 Å². The lowest BCUT2D eigenvalue weighted by atomic mass is 10.0. The molecule has 0 bridgehead atoms. The normalized spacial score (nSPS) is 17.8. The zero-order valence-electron chi connectivity index (χ0n) is 12.4. The van der Waals surface area contributed by atoms with Crippen LogP contribution in [0.4, 0.5) is 0 Å². The predicted molar refractivity (Wildman–Crippen MR) is 82.9 cm³/mol. The van der Waals surface area contributed by atoms with E-state index in [0.717, 1.165) is 30.8 Å². The lowest BCUT2D eigenvalue weighted by Gasteiger charge is -2.10. The van der Waals surface area contributed by atoms with Crippen LogP contribution in [0.15, 0.2) is 12.4 Å². The number of amides is 1. The van der Waals surface area contributed by atoms with E-state index < -0.39 is 0 Å². The first-order valence-corrected chi connectivity index (χ1v) is 7.80. The summed E-state index contributed by atoms with van der Waals surface area (Å²) in [6.07, 6.45) is 4.34. The number of aromatic nitrogens is 4. The largest absolute Gasteiger partial charge is 0.346 e. The number of H-pyrrole nitrogens is 1. The number of halogens is 1. The number of carbonyl (C=O) groups excluding carboxylic acids is 1. The molecule has 1 aliphatic heterocycles. The highest BCUT2D eigenvalue weighted by atomic mass is 35.5. The molecule has 22 heavy (non-hydrogen) atoms. The second-order valence-electron chi connectivity index (χ2n) is 5.34. The van der Waals surface area contributed by atoms with Crippen LogP contribution in [0.5, 0.6) is 0 Å². The fourth-order valence-corrected chi connectivity index (χ4v) is 3.03. The van der Waals surface area contributed by atoms with Gasteiger partial charge in [-0.15, -0.1) is 0 Å². The summed E-state index contributed by atoms with van der Waals surface area (Å²) < 4.78 is 1.59. The third-order valence-electron chi connectivity index (χ3n) is 3.97. The predicted octanol–water partition coefficient (Wildman–Crippen LogP) is 1.29. The minimum absolute atomic E-state index is 0.221. The molecule has 1 unspecified atom stereocenters. The van der Waals surface area contributed by atoms with Gasteiger partial charge in [0.1, 0.15) is 5.69 Å². The quantitative estimate of drug-likeness (QED) is 0.774. The van der Waals surface area contributed by atoms with E-state index in [0.29, 0.717) is 29.7 Å². The van der Waals surface area contributed by atoms with Crippen molar-refractivity contribution in [2.24, 2.45) is 0 Å². The third-order valence-corrected chi connectivity index (χ3v) is 4.25. The molecular formula is C14H19ClN6O. The zero-order valence-corrected chi connectivity index (χ0v) is 13.2. The number of nitrogens with one attached hydrogen (secondary N) is 3. The van der Waals surface area contributed by atoms with Gasteiger partial charge in [0.15, 0.2) is 0 Å². The molecule has 0 aliphatic carbocycles. The minimum Gasteiger partial charge on any atom is -0.346 e. The molecule has 1 saturated heterocycles. The van der Waals surface area contributed by atoms with E-state index in [4.69, 9.17) is 11.6 Å². The number of hydrogen-bond acceptors (Lipinski definition) is 4. The summed E-state index contributed by atoms with van der Waals surface area (Å²) in [5.41, 5.74) is 2.51. The monoisotopic (exact) mass is 322 g/mol. The molecule has 0 saturated carbocycles. The number of aryl methyl sites for hydroxylation is 1. The average molecular weight is 323 g/mol. The molecule has 3 heterocycles. The van der Waals surface area contributed by atoms with E-state index in [9.17, 15) is 4.79 Å². The molecule has 1 fully saturated rings. The van der Waals surface area contributed by atoms with Crippen molar-refractivity contribution in [1.29, 1.82) is 0 Å². The van der Waals surface area contributed by atoms with Gasteiger partial charge < -0.3 is 10.6 Å². The number of rotatable bonds is 5. The first kappa shape index (κ1) is 15.1. The summed E-state index contributed by atoms with van der Waals surface area (Å²) in [7, 11) is 0. The van der Waals surface area contributed by atoms with Gasteiger partial charge in [-0.2, -0.15) is 10.2 Å². The summed E-state index contributed by atoms with van der Waals surface area (Å²) in [4.78, 5) is 12.3. The third kappa shape index (κ3) is 2.86. The van der Waals surface area contributed by atoms with Crippen LogP contribution in [0, 0.1) is 0 Å². The van der Waals surface area contributed by atoms with Gasteiger partial charge in [-0.25, -0.2) is 0 Å². The molecule has 1 amide bonds. The topological polar surface area (TPSA) is 87.6 Å². The van der Waals surface area contributed by atoms with Crippen molar-refractivity contribution < 1.29 is 4.79 Å². The number of aromatic amines is 1. The summed E-state index contributed by atoms with van der Waals surface area (Å²) in [5.74, 6) is 0.209. The van der Waals surface area contributed by atoms with Crippen LogP contribution in [-0.2, 0) is 13.1 Å². The van der Waals surface area contributed by atoms with E-state index >= 15 is 0 Å². The molecule has 118 valence electrons. The highest BCUT2D eigenvalue weighted by Crippen LogP contribution is 2.23. The van der Waals surface area contributed by atoms with E-state index in [1.807, 2.05) is 6.92 Å². The van der Waals surface area contributed by atoms with Gasteiger partial charge in [0.25, 0.3) is 5.91 Å². The second kappa shape index (κ2) is 6.50. The molecule has 7 nitrogen and oxygen atoms in total. The minimum atomic E-state index is -0.221. The van der Waals surface area contributed by atoms with Crippen molar-refractivity contribution in [3.63, 3.8) is 0 Å². The summed E-state index contributed by atoms with van der Waals surface area (Å²) in [6, 6.07) is 0. The maximum atomic E-state index is 12.3. The Balaban J connectivity index is 1.69. The van der Waals surface area contributed by atoms with Gasteiger partial charge in [0, 0.05) is 36.8 Å². The van der Waals surface area contributed by atoms with Crippen molar-refractivity contribution in [2.45, 2.75) is 32.4 Å². The van der Waals surface area contributed by atoms with Crippen LogP contribution in [0.1, 0.15) is 41.0 Å². The highest BCUT2D eigenvalue weighted by Gasteiger charge is 2.22. The van der Waals surface area contributed by atoms with Crippen LogP contribution in [0.3, 0.4) is 0 Å². The van der Waals surface area contributed by atoms with E-state index in [1.165, 1.54) is 6.20 Å². The Bertz CT molecular complexity index is 658. The fourth-order valence-electron chi connectivity index (χ4n) is 2.80. The molecule has 3 rings (SSSR count). The van der Waals surface area contributed by atoms with Crippen LogP contribution >= 0.6 is 11.6 Å². The van der Waals surface area contributed by atoms with E-state index in [2.05, 4.69) is 25.9 Å². The van der Waals surface area contributed by atoms with Crippen molar-refractivity contribution in [2.75, 3.05) is 13.1 Å². The Hall–Kier alpha value is -1.86. The molecule has 1 atom stereocenters. The highest BCUT2D eigenvalue weighted by molar-refractivity contribution is 6.33. The van der Waals surface area contributed by atoms with Crippen LogP contribution in [0.25, 0.3) is 0 Å². The Morgan fingerprint density at radius 3 is 3.14 bits per heavy atom. The molecule has 1 aliphatic rings. The summed E-state index contributed by atoms with van der Waals surface area (Å²) in [5, 5.41) is 17.8. The van der Waals surface area contributed by atoms with E-state index in [-0.39, 0.29) is 5.91 Å². The Morgan fingerprint density at radius 1 is 1.55 bits per heavy atom. The fraction of sp³-hybridized carbons (Fsp3) is 0.500. The lowest BCUT2D eigenvalue weighted by molar-refractivity contribution is 0.0940. The molecule has 8 heteroatoms. The number of carbonyl (C=O) groups is 1. The summed E-state index contributed by atoms with van der Waals surface area (Å²) in [6.45, 7) is 4.90. The van der Waals surface area contributed by atoms with E-state index in [1.54, 1.807) is 10.9 Å². The first-order valence-electron chi connectivity index (χ1n) is 7.43. The molecular weight excluding hydrogens is 304 g/mol. The molecule has 0 spiro atoms. The van der Waals surface area contributed by atoms with Gasteiger partial charge >= 0.3 is 0 Å². The Labute approximate surface area is 133 Å². The molecule has 2 aromatic rings. The van der Waals surface area contributed by atoms with Crippen LogP contribution in [0.2, 0.25) is 5.02 Å². The smallest absolute Gasteiger partial charge is 0.271 e. The van der Waals surface area contributed by atoms with Gasteiger partial charge in [0.2, 0.25) is 0 Å². The van der Waals surface area contributed by atoms with Gasteiger partial charge in [0.05, 0.1) is 17.4 Å². The summed E-state index contributed by atoms with van der Waals surface area (Å²) >= 11 is 6.04. The standard InChI is InChI=1S/C14H19ClN6O/c1-2-21-13(11(15)8-19-21)14(22)17-6-10-7-18-20-12(10)9-3-4-16-5-9/h7-9,16H,2-6H2,1H3,(H,17,22)(H,18,20). The first-order chi connectivity index (χ1) is 10.7. The van der Waals surface area contributed by atoms with Gasteiger partial charge in [-0.1, -0.05) is 11.6 Å². The molecule has 0 radical (unpaired) electrons. The Morgan fingerprint density at radius 2 is 2.41 bits per heavy atom. The van der Waals surface area contributed by atoms with Crippen LogP contribution in [-0.4, -0.2) is 39.0 Å². The van der Waals surface area contributed by atoms with Crippen LogP contribution < -0.4 is 10.6 Å². The second-order valence-corrected chi connectivity index (χ2v) is 5.75. The maximum Gasteiger partial charge on any atom is 0.271 e. The molecule has 0 aromatic carbocycles. The van der Waals surface area contributed by atoms with Crippen molar-refractivity contribution >= 4 is 17.5 Å². The average Bonchev–Trinajstić information content (AvgIpc) is 3.24. The number of hydrogen-bond donors (Lipinski definition) is 3. The zero-order chi connectivity index (χ0) is 15.5. The number of nitrogens with zero attached hydrogens (tertiary/aromatic N) is 3. The maximum absolute atomic E-state index is 12.3. The lowest BCUT2D eigenvalue weighted by Crippen LogP contribution is -2.26. The molecule has 2 aromatic heterocycles. The van der Waals surface area contributed by atoms with Crippen molar-refractivity contribution in [3.8, 4) is 0 Å². The molecule has 3 N–H and O–H groups in total. The van der Waals surface area contributed by atoms with Crippen molar-refractivity contribution in [1.82, 2.24) is 30.6 Å². The van der Waals surface area contributed by atoms with Crippen molar-refractivity contribution in [3.05, 3.63) is 34.4 Å². The SMILES string of the molecule is CCn1ncc(Cl)c1C(=O)NCc1cn[nH]c1C1CCNC1. The Kier molecular flexibility index (Phi) is 4.44.